The zero-order valence-corrected chi connectivity index (χ0v) is 26.1. The first-order chi connectivity index (χ1) is 17.4. The van der Waals surface area contributed by atoms with E-state index in [-0.39, 0.29) is 11.5 Å². The van der Waals surface area contributed by atoms with Crippen molar-refractivity contribution in [3.8, 4) is 0 Å². The fourth-order valence-corrected chi connectivity index (χ4v) is 13.1. The molecule has 0 unspecified atom stereocenters. The van der Waals surface area contributed by atoms with Gasteiger partial charge >= 0.3 is 236 Å². The molecule has 0 amide bonds. The third kappa shape index (κ3) is 5.50. The summed E-state index contributed by atoms with van der Waals surface area (Å²) in [5.74, 6) is -0.506. The molecule has 3 aromatic carbocycles. The molecule has 0 aliphatic heterocycles. The maximum atomic E-state index is 13.7. The summed E-state index contributed by atoms with van der Waals surface area (Å²) in [6.07, 6.45) is 0. The first-order valence-electron chi connectivity index (χ1n) is 11.7. The molecule has 6 nitrogen and oxygen atoms in total. The normalized spacial score (nSPS) is 12.1. The van der Waals surface area contributed by atoms with Crippen LogP contribution in [-0.4, -0.2) is 25.6 Å². The average molecular weight is 698 g/mol. The number of hydrogen-bond acceptors (Lipinski definition) is 5. The van der Waals surface area contributed by atoms with Crippen LogP contribution in [0.5, 0.6) is 0 Å². The fourth-order valence-electron chi connectivity index (χ4n) is 4.39. The number of aryl methyl sites for hydroxylation is 5. The summed E-state index contributed by atoms with van der Waals surface area (Å²) < 4.78 is 43.1. The minimum atomic E-state index is -4.14. The van der Waals surface area contributed by atoms with E-state index in [1.54, 1.807) is 42.8 Å². The molecule has 0 spiro atoms. The third-order valence-electron chi connectivity index (χ3n) is 5.95. The molecule has 196 valence electrons. The van der Waals surface area contributed by atoms with Gasteiger partial charge in [0.05, 0.1) is 0 Å². The van der Waals surface area contributed by atoms with Gasteiger partial charge < -0.3 is 0 Å². The van der Waals surface area contributed by atoms with Crippen LogP contribution in [0.3, 0.4) is 0 Å². The monoisotopic (exact) mass is 697 g/mol. The predicted molar refractivity (Wildman–Crippen MR) is 158 cm³/mol. The summed E-state index contributed by atoms with van der Waals surface area (Å²) in [4.78, 5) is 13.4. The summed E-state index contributed by atoms with van der Waals surface area (Å²) in [6.45, 7) is 9.78. The van der Waals surface area contributed by atoms with Gasteiger partial charge in [-0.2, -0.15) is 0 Å². The van der Waals surface area contributed by atoms with E-state index in [2.05, 4.69) is 15.9 Å². The first kappa shape index (κ1) is 27.8. The van der Waals surface area contributed by atoms with Crippen LogP contribution in [0.1, 0.15) is 39.7 Å². The van der Waals surface area contributed by atoms with Crippen LogP contribution in [0.4, 0.5) is 0 Å². The summed E-state index contributed by atoms with van der Waals surface area (Å²) in [5.41, 5.74) is 5.00. The molecule has 0 fully saturated rings. The second kappa shape index (κ2) is 10.9. The topological polar surface area (TPSA) is 74.6 Å². The van der Waals surface area contributed by atoms with Gasteiger partial charge in [-0.1, -0.05) is 0 Å². The number of carbonyl (C=O) groups is 1. The first-order valence-corrected chi connectivity index (χ1v) is 16.9. The van der Waals surface area contributed by atoms with Gasteiger partial charge in [0.15, 0.2) is 0 Å². The zero-order valence-electron chi connectivity index (χ0n) is 21.6. The van der Waals surface area contributed by atoms with Crippen molar-refractivity contribution in [3.05, 3.63) is 94.2 Å². The van der Waals surface area contributed by atoms with E-state index in [1.807, 2.05) is 58.0 Å². The molecular weight excluding hydrogens is 669 g/mol. The Labute approximate surface area is 234 Å². The van der Waals surface area contributed by atoms with Crippen molar-refractivity contribution in [2.75, 3.05) is 6.61 Å². The number of rotatable bonds is 7. The molecule has 1 aromatic heterocycles. The van der Waals surface area contributed by atoms with E-state index in [1.165, 1.54) is 0 Å². The summed E-state index contributed by atoms with van der Waals surface area (Å²) in [5, 5.41) is 0.767. The number of fused-ring (bicyclic) bond motifs is 1. The van der Waals surface area contributed by atoms with E-state index in [0.29, 0.717) is 9.26 Å². The Kier molecular flexibility index (Phi) is 8.18. The van der Waals surface area contributed by atoms with Gasteiger partial charge in [0, 0.05) is 0 Å². The molecule has 9 heteroatoms. The second-order valence-electron chi connectivity index (χ2n) is 8.90. The molecule has 4 rings (SSSR count). The summed E-state index contributed by atoms with van der Waals surface area (Å²) in [6, 6.07) is 16.4. The van der Waals surface area contributed by atoms with Gasteiger partial charge in [-0.3, -0.25) is 0 Å². The molecule has 0 saturated carbocycles. The number of ether oxygens (including phenoxy) is 1. The quantitative estimate of drug-likeness (QED) is 0.151. The van der Waals surface area contributed by atoms with Crippen molar-refractivity contribution in [1.29, 1.82) is 0 Å². The van der Waals surface area contributed by atoms with E-state index in [4.69, 9.17) is 7.25 Å². The van der Waals surface area contributed by atoms with Gasteiger partial charge in [0.25, 0.3) is 0 Å². The maximum absolute atomic E-state index is 13.7. The van der Waals surface area contributed by atoms with Gasteiger partial charge in [-0.25, -0.2) is 0 Å². The second-order valence-corrected chi connectivity index (χ2v) is 16.0. The van der Waals surface area contributed by atoms with Crippen LogP contribution in [0.25, 0.3) is 10.9 Å². The number of hydrogen-bond donors (Lipinski definition) is 0. The SMILES string of the molecule is CCOC(=O)c1c(I(OS(=O)(=O)c2ccc(C)cc2)c2c(C)cc(C)cc2C)c2cc(Br)ccc2n1C. The van der Waals surface area contributed by atoms with Gasteiger partial charge in [-0.05, 0) is 0 Å². The number of nitrogens with zero attached hydrogens (tertiary/aromatic N) is 1. The minimum absolute atomic E-state index is 0.0851. The standard InChI is InChI=1S/C28H29BrINO5S/c1-7-35-28(32)27-26(23-16-21(29)10-13-24(23)31(27)6)30(25-19(4)14-18(3)15-20(25)5)36-37(33,34)22-11-8-17(2)9-12-22/h8-16H,7H2,1-6H3. The van der Waals surface area contributed by atoms with Crippen LogP contribution in [0.2, 0.25) is 0 Å². The summed E-state index contributed by atoms with van der Waals surface area (Å²) in [7, 11) is -2.35. The Morgan fingerprint density at radius 2 is 1.54 bits per heavy atom. The van der Waals surface area contributed by atoms with E-state index < -0.39 is 36.3 Å². The van der Waals surface area contributed by atoms with Crippen molar-refractivity contribution in [2.45, 2.75) is 39.5 Å². The molecule has 4 aromatic rings. The Hall–Kier alpha value is -2.21. The number of benzene rings is 3. The van der Waals surface area contributed by atoms with Gasteiger partial charge in [-0.15, -0.1) is 0 Å². The molecule has 0 saturated heterocycles. The fraction of sp³-hybridized carbons (Fsp3) is 0.250. The van der Waals surface area contributed by atoms with Gasteiger partial charge in [0.2, 0.25) is 0 Å². The van der Waals surface area contributed by atoms with Crippen molar-refractivity contribution >= 4 is 63.2 Å². The Bertz CT molecular complexity index is 1590. The summed E-state index contributed by atoms with van der Waals surface area (Å²) >= 11 is 0.241. The molecule has 0 aliphatic rings. The van der Waals surface area contributed by atoms with Crippen LogP contribution < -0.4 is 0 Å². The van der Waals surface area contributed by atoms with E-state index in [9.17, 15) is 13.2 Å². The van der Waals surface area contributed by atoms with Crippen LogP contribution >= 0.6 is 36.2 Å². The predicted octanol–water partition coefficient (Wildman–Crippen LogP) is 7.22. The van der Waals surface area contributed by atoms with Crippen LogP contribution in [0.15, 0.2) is 64.0 Å². The molecule has 0 bridgehead atoms. The number of halogens is 2. The van der Waals surface area contributed by atoms with Crippen molar-refractivity contribution in [3.63, 3.8) is 0 Å². The number of carbonyl (C=O) groups excluding carboxylic acids is 1. The van der Waals surface area contributed by atoms with Gasteiger partial charge in [0.1, 0.15) is 0 Å². The van der Waals surface area contributed by atoms with E-state index >= 15 is 0 Å². The zero-order chi connectivity index (χ0) is 27.1. The van der Waals surface area contributed by atoms with E-state index in [0.717, 1.165) is 41.2 Å². The Balaban J connectivity index is 2.07. The molecule has 1 heterocycles. The molecule has 0 radical (unpaired) electrons. The van der Waals surface area contributed by atoms with Crippen LogP contribution in [-0.2, 0) is 24.4 Å². The molecule has 0 aliphatic carbocycles. The molecule has 0 N–H and O–H groups in total. The third-order valence-corrected chi connectivity index (χ3v) is 14.8. The number of esters is 1. The number of aromatic nitrogens is 1. The molecule has 0 atom stereocenters. The molecule has 37 heavy (non-hydrogen) atoms. The molecular formula is C28H29BrINO5S. The Morgan fingerprint density at radius 1 is 0.919 bits per heavy atom. The Morgan fingerprint density at radius 3 is 2.14 bits per heavy atom. The van der Waals surface area contributed by atoms with Crippen molar-refractivity contribution in [2.24, 2.45) is 7.05 Å². The average Bonchev–Trinajstić information content (AvgIpc) is 3.09. The van der Waals surface area contributed by atoms with Crippen molar-refractivity contribution < 1.29 is 20.5 Å². The van der Waals surface area contributed by atoms with Crippen molar-refractivity contribution in [1.82, 2.24) is 4.57 Å². The van der Waals surface area contributed by atoms with Crippen LogP contribution in [0, 0.1) is 34.8 Å².